The summed E-state index contributed by atoms with van der Waals surface area (Å²) in [6, 6.07) is 37.6. The number of para-hydroxylation sites is 1. The topological polar surface area (TPSA) is 48.8 Å². The molecule has 0 aliphatic rings. The van der Waals surface area contributed by atoms with Crippen molar-refractivity contribution in [2.45, 2.75) is 105 Å². The van der Waals surface area contributed by atoms with Gasteiger partial charge >= 0.3 is 0 Å². The van der Waals surface area contributed by atoms with Crippen molar-refractivity contribution in [2.24, 2.45) is 0 Å². The summed E-state index contributed by atoms with van der Waals surface area (Å²) in [5.41, 5.74) is 10.7. The van der Waals surface area contributed by atoms with Gasteiger partial charge < -0.3 is 18.9 Å². The van der Waals surface area contributed by atoms with Gasteiger partial charge in [-0.05, 0) is 97.6 Å². The zero-order chi connectivity index (χ0) is 40.7. The molecule has 300 valence electrons. The molecule has 7 heteroatoms. The fourth-order valence-corrected chi connectivity index (χ4v) is 7.38. The van der Waals surface area contributed by atoms with Crippen LogP contribution in [0.5, 0.6) is 11.5 Å². The molecule has 58 heavy (non-hydrogen) atoms. The molecule has 0 amide bonds. The smallest absolute Gasteiger partial charge is 0.268 e. The Balaban J connectivity index is 0.00000512. The van der Waals surface area contributed by atoms with Crippen LogP contribution in [0, 0.1) is 18.5 Å². The van der Waals surface area contributed by atoms with E-state index in [1.807, 2.05) is 18.5 Å². The minimum Gasteiger partial charge on any atom is -0.508 e. The zero-order valence-corrected chi connectivity index (χ0v) is 38.0. The zero-order valence-electron chi connectivity index (χ0n) is 35.8. The first-order valence-electron chi connectivity index (χ1n) is 19.9. The predicted molar refractivity (Wildman–Crippen MR) is 233 cm³/mol. The predicted octanol–water partition coefficient (Wildman–Crippen LogP) is 12.2. The van der Waals surface area contributed by atoms with Crippen molar-refractivity contribution in [3.8, 4) is 28.7 Å². The van der Waals surface area contributed by atoms with Crippen molar-refractivity contribution >= 4 is 32.8 Å². The quantitative estimate of drug-likeness (QED) is 0.128. The Bertz CT molecular complexity index is 2780. The van der Waals surface area contributed by atoms with E-state index in [4.69, 9.17) is 9.72 Å². The molecule has 6 nitrogen and oxygen atoms in total. The minimum atomic E-state index is -0.0485. The van der Waals surface area contributed by atoms with Crippen LogP contribution in [-0.4, -0.2) is 19.1 Å². The summed E-state index contributed by atoms with van der Waals surface area (Å²) >= 11 is 0. The molecule has 0 bridgehead atoms. The maximum absolute atomic E-state index is 6.56. The van der Waals surface area contributed by atoms with Crippen LogP contribution in [0.25, 0.3) is 50.0 Å². The number of nitrogens with zero attached hydrogens (tertiary/aromatic N) is 5. The first kappa shape index (κ1) is 41.1. The van der Waals surface area contributed by atoms with Gasteiger partial charge in [0.1, 0.15) is 5.82 Å². The second-order valence-corrected chi connectivity index (χ2v) is 19.5. The molecule has 8 rings (SSSR count). The molecule has 0 fully saturated rings. The van der Waals surface area contributed by atoms with Gasteiger partial charge in [-0.15, -0.1) is 23.6 Å². The number of fused-ring (bicyclic) bond motifs is 4. The third-order valence-corrected chi connectivity index (χ3v) is 10.9. The second-order valence-electron chi connectivity index (χ2n) is 19.5. The van der Waals surface area contributed by atoms with E-state index < -0.39 is 0 Å². The van der Waals surface area contributed by atoms with Crippen LogP contribution in [0.3, 0.4) is 0 Å². The van der Waals surface area contributed by atoms with Crippen molar-refractivity contribution in [3.63, 3.8) is 0 Å². The maximum Gasteiger partial charge on any atom is 0.268 e. The Morgan fingerprint density at radius 1 is 0.586 bits per heavy atom. The molecule has 8 aromatic rings. The van der Waals surface area contributed by atoms with Crippen LogP contribution >= 0.6 is 0 Å². The Morgan fingerprint density at radius 3 is 1.91 bits per heavy atom. The average Bonchev–Trinajstić information content (AvgIpc) is 3.69. The van der Waals surface area contributed by atoms with Crippen LogP contribution in [0.1, 0.15) is 105 Å². The number of imidazole rings is 1. The van der Waals surface area contributed by atoms with Crippen LogP contribution in [0.4, 0.5) is 0 Å². The van der Waals surface area contributed by atoms with Crippen molar-refractivity contribution in [2.75, 3.05) is 0 Å². The molecule has 0 spiro atoms. The first-order chi connectivity index (χ1) is 26.8. The molecular formula is C51H53N5OPt-2. The molecule has 0 aliphatic carbocycles. The monoisotopic (exact) mass is 946 g/mol. The number of pyridine rings is 2. The van der Waals surface area contributed by atoms with Gasteiger partial charge in [0, 0.05) is 44.3 Å². The second kappa shape index (κ2) is 14.6. The van der Waals surface area contributed by atoms with E-state index in [2.05, 4.69) is 199 Å². The Kier molecular flexibility index (Phi) is 10.4. The third-order valence-electron chi connectivity index (χ3n) is 10.9. The van der Waals surface area contributed by atoms with E-state index in [1.165, 1.54) is 22.3 Å². The standard InChI is InChI=1S/C51H53N5O.Pt/c1-48(2,3)33-17-20-44-46(26-33)55(32-54(44)37-24-35(50(7,8)9)23-36(25-37)51(10,11)12)38-28-40(31-52-30-38)57-39-18-19-42-41-15-13-14-16-43(41)56(45(42)29-39)47-27-34(21-22-53-47)49(4,5)6;/h13-27,30-31H,1-12H3;/q-2;. The van der Waals surface area contributed by atoms with E-state index in [0.29, 0.717) is 11.5 Å². The summed E-state index contributed by atoms with van der Waals surface area (Å²) in [6.45, 7) is 27.0. The third kappa shape index (κ3) is 7.76. The molecule has 0 N–H and O–H groups in total. The Hall–Kier alpha value is -5.06. The van der Waals surface area contributed by atoms with Gasteiger partial charge in [0.25, 0.3) is 6.33 Å². The normalized spacial score (nSPS) is 12.7. The number of hydrogen-bond donors (Lipinski definition) is 0. The van der Waals surface area contributed by atoms with Crippen molar-refractivity contribution < 1.29 is 30.4 Å². The van der Waals surface area contributed by atoms with Gasteiger partial charge in [-0.2, -0.15) is 6.07 Å². The van der Waals surface area contributed by atoms with Gasteiger partial charge in [-0.25, -0.2) is 4.98 Å². The number of rotatable bonds is 5. The SMILES string of the molecule is CC(C)(C)c1cc(-[n+]2[c-]n(-c3[c-]c(Oc4[c-]c5c(cc4)c4ccccc4n5-c4cc(C(C)(C)C)ccn4)cnc3)c3cc(C(C)(C)C)ccc32)cc(C(C)(C)C)c1.[Pt]. The average molecular weight is 947 g/mol. The van der Waals surface area contributed by atoms with E-state index in [-0.39, 0.29) is 42.7 Å². The van der Waals surface area contributed by atoms with Crippen LogP contribution in [0.15, 0.2) is 104 Å². The van der Waals surface area contributed by atoms with Crippen LogP contribution in [-0.2, 0) is 42.7 Å². The fourth-order valence-electron chi connectivity index (χ4n) is 7.38. The van der Waals surface area contributed by atoms with E-state index in [1.54, 1.807) is 6.20 Å². The van der Waals surface area contributed by atoms with Gasteiger partial charge in [0.15, 0.2) is 0 Å². The van der Waals surface area contributed by atoms with Crippen LogP contribution in [0.2, 0.25) is 0 Å². The summed E-state index contributed by atoms with van der Waals surface area (Å²) in [5.74, 6) is 1.89. The number of benzene rings is 4. The molecule has 0 atom stereocenters. The molecule has 4 aromatic heterocycles. The maximum atomic E-state index is 6.56. The van der Waals surface area contributed by atoms with E-state index in [9.17, 15) is 0 Å². The number of ether oxygens (including phenoxy) is 1. The first-order valence-corrected chi connectivity index (χ1v) is 19.9. The summed E-state index contributed by atoms with van der Waals surface area (Å²) in [5, 5.41) is 2.21. The van der Waals surface area contributed by atoms with E-state index >= 15 is 0 Å². The number of aromatic nitrogens is 5. The van der Waals surface area contributed by atoms with Crippen molar-refractivity contribution in [3.05, 3.63) is 144 Å². The molecule has 0 radical (unpaired) electrons. The molecule has 0 unspecified atom stereocenters. The molecule has 0 saturated carbocycles. The Morgan fingerprint density at radius 2 is 1.24 bits per heavy atom. The largest absolute Gasteiger partial charge is 0.508 e. The van der Waals surface area contributed by atoms with Crippen molar-refractivity contribution in [1.29, 1.82) is 0 Å². The molecule has 0 aliphatic heterocycles. The van der Waals surface area contributed by atoms with E-state index in [0.717, 1.165) is 50.0 Å². The summed E-state index contributed by atoms with van der Waals surface area (Å²) in [7, 11) is 0. The molecular weight excluding hydrogens is 894 g/mol. The Labute approximate surface area is 358 Å². The van der Waals surface area contributed by atoms with Gasteiger partial charge in [-0.1, -0.05) is 131 Å². The summed E-state index contributed by atoms with van der Waals surface area (Å²) in [4.78, 5) is 9.50. The molecule has 0 saturated heterocycles. The van der Waals surface area contributed by atoms with Gasteiger partial charge in [0.05, 0.1) is 16.7 Å². The molecule has 4 aromatic carbocycles. The summed E-state index contributed by atoms with van der Waals surface area (Å²) < 4.78 is 13.0. The van der Waals surface area contributed by atoms with Gasteiger partial charge in [-0.3, -0.25) is 4.57 Å². The minimum absolute atomic E-state index is 0. The van der Waals surface area contributed by atoms with Gasteiger partial charge in [0.2, 0.25) is 0 Å². The van der Waals surface area contributed by atoms with Crippen molar-refractivity contribution in [1.82, 2.24) is 19.1 Å². The number of hydrogen-bond acceptors (Lipinski definition) is 3. The van der Waals surface area contributed by atoms with Crippen LogP contribution < -0.4 is 9.30 Å². The summed E-state index contributed by atoms with van der Waals surface area (Å²) in [6.07, 6.45) is 9.13. The fraction of sp³-hybridized carbons (Fsp3) is 0.314. The molecule has 4 heterocycles.